The SMILES string of the molecule is COc1ccc(-c2nnc(CNC(=O)OC(C)(C)C)o2)cc1. The van der Waals surface area contributed by atoms with Gasteiger partial charge in [-0.15, -0.1) is 10.2 Å². The van der Waals surface area contributed by atoms with Crippen molar-refractivity contribution in [2.75, 3.05) is 7.11 Å². The van der Waals surface area contributed by atoms with Crippen LogP contribution in [-0.2, 0) is 11.3 Å². The Morgan fingerprint density at radius 3 is 2.50 bits per heavy atom. The van der Waals surface area contributed by atoms with Crippen molar-refractivity contribution in [2.24, 2.45) is 0 Å². The van der Waals surface area contributed by atoms with Crippen LogP contribution in [0.2, 0.25) is 0 Å². The molecule has 2 aromatic rings. The summed E-state index contributed by atoms with van der Waals surface area (Å²) in [7, 11) is 1.60. The second-order valence-electron chi connectivity index (χ2n) is 5.58. The lowest BCUT2D eigenvalue weighted by Crippen LogP contribution is -2.32. The minimum Gasteiger partial charge on any atom is -0.497 e. The van der Waals surface area contributed by atoms with E-state index >= 15 is 0 Å². The molecule has 0 aliphatic rings. The monoisotopic (exact) mass is 305 g/mol. The summed E-state index contributed by atoms with van der Waals surface area (Å²) in [5.41, 5.74) is 0.226. The number of nitrogens with zero attached hydrogens (tertiary/aromatic N) is 2. The van der Waals surface area contributed by atoms with E-state index in [1.54, 1.807) is 40.0 Å². The van der Waals surface area contributed by atoms with Gasteiger partial charge in [-0.3, -0.25) is 0 Å². The Morgan fingerprint density at radius 2 is 1.91 bits per heavy atom. The highest BCUT2D eigenvalue weighted by Crippen LogP contribution is 2.21. The minimum absolute atomic E-state index is 0.109. The van der Waals surface area contributed by atoms with Crippen LogP contribution in [0, 0.1) is 0 Å². The zero-order chi connectivity index (χ0) is 16.2. The average Bonchev–Trinajstić information content (AvgIpc) is 2.92. The Hall–Kier alpha value is -2.57. The molecule has 0 aliphatic heterocycles. The first-order valence-corrected chi connectivity index (χ1v) is 6.81. The maximum absolute atomic E-state index is 11.5. The molecule has 22 heavy (non-hydrogen) atoms. The van der Waals surface area contributed by atoms with Gasteiger partial charge < -0.3 is 19.2 Å². The third kappa shape index (κ3) is 4.47. The summed E-state index contributed by atoms with van der Waals surface area (Å²) >= 11 is 0. The van der Waals surface area contributed by atoms with Crippen LogP contribution < -0.4 is 10.1 Å². The fraction of sp³-hybridized carbons (Fsp3) is 0.400. The van der Waals surface area contributed by atoms with E-state index in [4.69, 9.17) is 13.9 Å². The molecule has 0 fully saturated rings. The Kier molecular flexibility index (Phi) is 4.65. The zero-order valence-corrected chi connectivity index (χ0v) is 13.0. The first-order valence-electron chi connectivity index (χ1n) is 6.81. The van der Waals surface area contributed by atoms with E-state index in [0.717, 1.165) is 11.3 Å². The smallest absolute Gasteiger partial charge is 0.408 e. The molecule has 7 heteroatoms. The van der Waals surface area contributed by atoms with E-state index in [1.165, 1.54) is 0 Å². The second-order valence-corrected chi connectivity index (χ2v) is 5.58. The second kappa shape index (κ2) is 6.46. The molecule has 0 radical (unpaired) electrons. The number of alkyl carbamates (subject to hydrolysis) is 1. The highest BCUT2D eigenvalue weighted by Gasteiger charge is 2.17. The molecular weight excluding hydrogens is 286 g/mol. The summed E-state index contributed by atoms with van der Waals surface area (Å²) in [4.78, 5) is 11.5. The number of ether oxygens (including phenoxy) is 2. The van der Waals surface area contributed by atoms with Crippen molar-refractivity contribution in [3.63, 3.8) is 0 Å². The van der Waals surface area contributed by atoms with Gasteiger partial charge in [0.2, 0.25) is 11.8 Å². The lowest BCUT2D eigenvalue weighted by atomic mass is 10.2. The predicted octanol–water partition coefficient (Wildman–Crippen LogP) is 2.77. The summed E-state index contributed by atoms with van der Waals surface area (Å²) in [6, 6.07) is 7.24. The normalized spacial score (nSPS) is 11.1. The topological polar surface area (TPSA) is 86.5 Å². The van der Waals surface area contributed by atoms with Gasteiger partial charge in [-0.2, -0.15) is 0 Å². The van der Waals surface area contributed by atoms with Crippen LogP contribution in [0.25, 0.3) is 11.5 Å². The molecule has 1 N–H and O–H groups in total. The molecular formula is C15H19N3O4. The number of carbonyl (C=O) groups is 1. The third-order valence-electron chi connectivity index (χ3n) is 2.59. The molecule has 0 aliphatic carbocycles. The average molecular weight is 305 g/mol. The lowest BCUT2D eigenvalue weighted by Gasteiger charge is -2.19. The van der Waals surface area contributed by atoms with Gasteiger partial charge in [0, 0.05) is 5.56 Å². The van der Waals surface area contributed by atoms with E-state index in [2.05, 4.69) is 15.5 Å². The fourth-order valence-electron chi connectivity index (χ4n) is 1.64. The Morgan fingerprint density at radius 1 is 1.23 bits per heavy atom. The highest BCUT2D eigenvalue weighted by molar-refractivity contribution is 5.67. The minimum atomic E-state index is -0.548. The van der Waals surface area contributed by atoms with Gasteiger partial charge in [0.15, 0.2) is 0 Å². The number of carbonyl (C=O) groups excluding carboxylic acids is 1. The van der Waals surface area contributed by atoms with Crippen LogP contribution in [0.3, 0.4) is 0 Å². The van der Waals surface area contributed by atoms with E-state index in [-0.39, 0.29) is 6.54 Å². The number of hydrogen-bond acceptors (Lipinski definition) is 6. The molecule has 0 bridgehead atoms. The molecule has 1 amide bonds. The van der Waals surface area contributed by atoms with Crippen molar-refractivity contribution in [3.8, 4) is 17.2 Å². The van der Waals surface area contributed by atoms with E-state index in [1.807, 2.05) is 12.1 Å². The van der Waals surface area contributed by atoms with Crippen molar-refractivity contribution in [3.05, 3.63) is 30.2 Å². The summed E-state index contributed by atoms with van der Waals surface area (Å²) in [6.07, 6.45) is -0.531. The maximum atomic E-state index is 11.5. The zero-order valence-electron chi connectivity index (χ0n) is 13.0. The maximum Gasteiger partial charge on any atom is 0.408 e. The van der Waals surface area contributed by atoms with Crippen LogP contribution in [0.1, 0.15) is 26.7 Å². The van der Waals surface area contributed by atoms with Gasteiger partial charge in [0.1, 0.15) is 11.4 Å². The molecule has 118 valence electrons. The lowest BCUT2D eigenvalue weighted by molar-refractivity contribution is 0.0519. The number of benzene rings is 1. The summed E-state index contributed by atoms with van der Waals surface area (Å²) in [6.45, 7) is 5.49. The number of amides is 1. The molecule has 0 saturated carbocycles. The number of methoxy groups -OCH3 is 1. The van der Waals surface area contributed by atoms with E-state index in [0.29, 0.717) is 11.8 Å². The Labute approximate surface area is 128 Å². The molecule has 0 atom stereocenters. The number of aromatic nitrogens is 2. The van der Waals surface area contributed by atoms with Crippen molar-refractivity contribution in [2.45, 2.75) is 32.9 Å². The van der Waals surface area contributed by atoms with Gasteiger partial charge in [0.05, 0.1) is 13.7 Å². The summed E-state index contributed by atoms with van der Waals surface area (Å²) in [5.74, 6) is 1.43. The fourth-order valence-corrected chi connectivity index (χ4v) is 1.64. The predicted molar refractivity (Wildman–Crippen MR) is 79.4 cm³/mol. The highest BCUT2D eigenvalue weighted by atomic mass is 16.6. The molecule has 0 unspecified atom stereocenters. The molecule has 1 aromatic carbocycles. The van der Waals surface area contributed by atoms with Gasteiger partial charge in [-0.25, -0.2) is 4.79 Å². The number of hydrogen-bond donors (Lipinski definition) is 1. The molecule has 2 rings (SSSR count). The van der Waals surface area contributed by atoms with Crippen LogP contribution >= 0.6 is 0 Å². The molecule has 1 aromatic heterocycles. The van der Waals surface area contributed by atoms with Crippen molar-refractivity contribution >= 4 is 6.09 Å². The largest absolute Gasteiger partial charge is 0.497 e. The molecule has 1 heterocycles. The van der Waals surface area contributed by atoms with Gasteiger partial charge >= 0.3 is 6.09 Å². The summed E-state index contributed by atoms with van der Waals surface area (Å²) < 4.78 is 15.7. The van der Waals surface area contributed by atoms with Gasteiger partial charge in [0.25, 0.3) is 0 Å². The molecule has 7 nitrogen and oxygen atoms in total. The van der Waals surface area contributed by atoms with Crippen LogP contribution in [0.5, 0.6) is 5.75 Å². The quantitative estimate of drug-likeness (QED) is 0.934. The Balaban J connectivity index is 1.95. The summed E-state index contributed by atoms with van der Waals surface area (Å²) in [5, 5.41) is 10.4. The number of rotatable bonds is 4. The van der Waals surface area contributed by atoms with Crippen molar-refractivity contribution in [1.29, 1.82) is 0 Å². The first-order chi connectivity index (χ1) is 10.4. The van der Waals surface area contributed by atoms with Crippen molar-refractivity contribution in [1.82, 2.24) is 15.5 Å². The van der Waals surface area contributed by atoms with Crippen LogP contribution in [0.4, 0.5) is 4.79 Å². The van der Waals surface area contributed by atoms with Crippen LogP contribution in [0.15, 0.2) is 28.7 Å². The molecule has 0 saturated heterocycles. The van der Waals surface area contributed by atoms with Gasteiger partial charge in [-0.1, -0.05) is 0 Å². The van der Waals surface area contributed by atoms with Crippen LogP contribution in [-0.4, -0.2) is 29.0 Å². The Bertz CT molecular complexity index is 629. The van der Waals surface area contributed by atoms with E-state index < -0.39 is 11.7 Å². The standard InChI is InChI=1S/C15H19N3O4/c1-15(2,3)22-14(19)16-9-12-17-18-13(21-12)10-5-7-11(20-4)8-6-10/h5-8H,9H2,1-4H3,(H,16,19). The first kappa shape index (κ1) is 15.8. The number of nitrogens with one attached hydrogen (secondary N) is 1. The van der Waals surface area contributed by atoms with Gasteiger partial charge in [-0.05, 0) is 45.0 Å². The van der Waals surface area contributed by atoms with E-state index in [9.17, 15) is 4.79 Å². The third-order valence-corrected chi connectivity index (χ3v) is 2.59. The molecule has 0 spiro atoms. The van der Waals surface area contributed by atoms with Crippen molar-refractivity contribution < 1.29 is 18.7 Å².